The Balaban J connectivity index is 1.86. The lowest BCUT2D eigenvalue weighted by molar-refractivity contribution is -0.274. The first-order valence-corrected chi connectivity index (χ1v) is 5.98. The van der Waals surface area contributed by atoms with Gasteiger partial charge in [0.25, 0.3) is 0 Å². The number of benzene rings is 1. The van der Waals surface area contributed by atoms with Gasteiger partial charge in [0.05, 0.1) is 0 Å². The Hall–Kier alpha value is -1.23. The Morgan fingerprint density at radius 3 is 2.67 bits per heavy atom. The lowest BCUT2D eigenvalue weighted by atomic mass is 9.91. The van der Waals surface area contributed by atoms with Crippen LogP contribution in [0.2, 0.25) is 0 Å². The van der Waals surface area contributed by atoms with Gasteiger partial charge >= 0.3 is 6.36 Å². The second kappa shape index (κ2) is 3.63. The van der Waals surface area contributed by atoms with Crippen LogP contribution in [0.4, 0.5) is 13.2 Å². The van der Waals surface area contributed by atoms with Gasteiger partial charge in [-0.3, -0.25) is 0 Å². The van der Waals surface area contributed by atoms with Crippen LogP contribution in [0.15, 0.2) is 18.2 Å². The van der Waals surface area contributed by atoms with Gasteiger partial charge in [-0.1, -0.05) is 6.07 Å². The van der Waals surface area contributed by atoms with E-state index >= 15 is 0 Å². The molecule has 98 valence electrons. The fraction of sp³-hybridized carbons (Fsp3) is 0.538. The van der Waals surface area contributed by atoms with Crippen molar-refractivity contribution < 1.29 is 17.9 Å². The van der Waals surface area contributed by atoms with Crippen LogP contribution in [-0.2, 0) is 5.41 Å². The highest BCUT2D eigenvalue weighted by Crippen LogP contribution is 2.57. The minimum atomic E-state index is -4.62. The Labute approximate surface area is 103 Å². The van der Waals surface area contributed by atoms with E-state index in [0.717, 1.165) is 30.6 Å². The SMILES string of the molecule is Cc1cc(OC(F)(F)F)ccc1C12CNCC1C2. The molecule has 0 radical (unpaired) electrons. The first-order chi connectivity index (χ1) is 8.41. The number of hydrogen-bond acceptors (Lipinski definition) is 2. The van der Waals surface area contributed by atoms with Crippen LogP contribution in [0.1, 0.15) is 17.5 Å². The second-order valence-electron chi connectivity index (χ2n) is 5.21. The molecule has 2 unspecified atom stereocenters. The summed E-state index contributed by atoms with van der Waals surface area (Å²) in [4.78, 5) is 0. The van der Waals surface area contributed by atoms with Crippen molar-refractivity contribution in [2.24, 2.45) is 5.92 Å². The Bertz CT molecular complexity index is 486. The molecule has 1 heterocycles. The number of aryl methyl sites for hydroxylation is 1. The fourth-order valence-corrected chi connectivity index (χ4v) is 3.15. The molecule has 2 nitrogen and oxygen atoms in total. The number of rotatable bonds is 2. The molecule has 2 aliphatic rings. The van der Waals surface area contributed by atoms with Gasteiger partial charge in [-0.25, -0.2) is 0 Å². The van der Waals surface area contributed by atoms with Gasteiger partial charge in [-0.2, -0.15) is 0 Å². The average Bonchev–Trinajstić information content (AvgIpc) is 2.79. The summed E-state index contributed by atoms with van der Waals surface area (Å²) < 4.78 is 40.3. The number of nitrogens with one attached hydrogen (secondary N) is 1. The Morgan fingerprint density at radius 2 is 2.17 bits per heavy atom. The zero-order chi connectivity index (χ0) is 13.0. The van der Waals surface area contributed by atoms with Gasteiger partial charge < -0.3 is 10.1 Å². The van der Waals surface area contributed by atoms with Crippen molar-refractivity contribution in [1.29, 1.82) is 0 Å². The van der Waals surface area contributed by atoms with Gasteiger partial charge in [0.1, 0.15) is 5.75 Å². The van der Waals surface area contributed by atoms with E-state index in [2.05, 4.69) is 10.1 Å². The molecule has 1 saturated heterocycles. The summed E-state index contributed by atoms with van der Waals surface area (Å²) in [6.45, 7) is 3.79. The molecule has 2 atom stereocenters. The third-order valence-electron chi connectivity index (χ3n) is 4.03. The molecule has 1 N–H and O–H groups in total. The molecular formula is C13H14F3NO. The highest BCUT2D eigenvalue weighted by atomic mass is 19.4. The van der Waals surface area contributed by atoms with Gasteiger partial charge in [-0.05, 0) is 49.1 Å². The summed E-state index contributed by atoms with van der Waals surface area (Å²) in [6, 6.07) is 4.67. The standard InChI is InChI=1S/C13H14F3NO/c1-8-4-10(18-13(14,15)16)2-3-11(8)12-5-9(12)6-17-7-12/h2-4,9,17H,5-7H2,1H3. The van der Waals surface area contributed by atoms with E-state index in [0.29, 0.717) is 5.92 Å². The lowest BCUT2D eigenvalue weighted by Gasteiger charge is -2.17. The third-order valence-corrected chi connectivity index (χ3v) is 4.03. The molecule has 1 aromatic carbocycles. The molecule has 0 aromatic heterocycles. The fourth-order valence-electron chi connectivity index (χ4n) is 3.15. The van der Waals surface area contributed by atoms with E-state index in [9.17, 15) is 13.2 Å². The monoisotopic (exact) mass is 257 g/mol. The largest absolute Gasteiger partial charge is 0.573 e. The number of halogens is 3. The van der Waals surface area contributed by atoms with E-state index in [-0.39, 0.29) is 11.2 Å². The maximum atomic E-state index is 12.1. The van der Waals surface area contributed by atoms with E-state index in [1.54, 1.807) is 6.07 Å². The lowest BCUT2D eigenvalue weighted by Crippen LogP contribution is -2.20. The Kier molecular flexibility index (Phi) is 2.39. The third kappa shape index (κ3) is 1.86. The highest BCUT2D eigenvalue weighted by Gasteiger charge is 2.58. The van der Waals surface area contributed by atoms with E-state index in [1.165, 1.54) is 12.1 Å². The van der Waals surface area contributed by atoms with Crippen molar-refractivity contribution in [3.63, 3.8) is 0 Å². The summed E-state index contributed by atoms with van der Waals surface area (Å²) >= 11 is 0. The van der Waals surface area contributed by atoms with Crippen LogP contribution in [0.25, 0.3) is 0 Å². The number of fused-ring (bicyclic) bond motifs is 1. The smallest absolute Gasteiger partial charge is 0.406 e. The molecule has 1 aromatic rings. The van der Waals surface area contributed by atoms with Crippen LogP contribution in [0, 0.1) is 12.8 Å². The maximum Gasteiger partial charge on any atom is 0.573 e. The van der Waals surface area contributed by atoms with Gasteiger partial charge in [0.2, 0.25) is 0 Å². The second-order valence-corrected chi connectivity index (χ2v) is 5.21. The molecule has 5 heteroatoms. The summed E-state index contributed by atoms with van der Waals surface area (Å²) in [5.41, 5.74) is 2.20. The molecule has 0 amide bonds. The highest BCUT2D eigenvalue weighted by molar-refractivity contribution is 5.45. The van der Waals surface area contributed by atoms with Crippen LogP contribution in [-0.4, -0.2) is 19.5 Å². The quantitative estimate of drug-likeness (QED) is 0.879. The maximum absolute atomic E-state index is 12.1. The van der Waals surface area contributed by atoms with E-state index in [4.69, 9.17) is 0 Å². The zero-order valence-corrected chi connectivity index (χ0v) is 9.97. The minimum absolute atomic E-state index is 0.136. The van der Waals surface area contributed by atoms with E-state index < -0.39 is 6.36 Å². The number of alkyl halides is 3. The first kappa shape index (κ1) is 11.8. The van der Waals surface area contributed by atoms with E-state index in [1.807, 2.05) is 6.92 Å². The molecule has 1 aliphatic heterocycles. The predicted octanol–water partition coefficient (Wildman–Crippen LogP) is 2.75. The van der Waals surface area contributed by atoms with Gasteiger partial charge in [-0.15, -0.1) is 13.2 Å². The zero-order valence-electron chi connectivity index (χ0n) is 9.97. The van der Waals surface area contributed by atoms with Crippen molar-refractivity contribution in [2.75, 3.05) is 13.1 Å². The average molecular weight is 257 g/mol. The topological polar surface area (TPSA) is 21.3 Å². The molecule has 1 saturated carbocycles. The molecule has 2 fully saturated rings. The van der Waals surface area contributed by atoms with Crippen molar-refractivity contribution in [3.8, 4) is 5.75 Å². The van der Waals surface area contributed by atoms with Crippen LogP contribution >= 0.6 is 0 Å². The van der Waals surface area contributed by atoms with Crippen molar-refractivity contribution >= 4 is 0 Å². The number of hydrogen-bond donors (Lipinski definition) is 1. The molecule has 0 bridgehead atoms. The number of piperidine rings is 1. The van der Waals surface area contributed by atoms with Crippen molar-refractivity contribution in [2.45, 2.75) is 25.1 Å². The predicted molar refractivity (Wildman–Crippen MR) is 60.5 cm³/mol. The summed E-state index contributed by atoms with van der Waals surface area (Å²) in [7, 11) is 0. The Morgan fingerprint density at radius 1 is 1.39 bits per heavy atom. The normalized spacial score (nSPS) is 30.1. The molecule has 1 aliphatic carbocycles. The van der Waals surface area contributed by atoms with Crippen LogP contribution in [0.3, 0.4) is 0 Å². The molecule has 18 heavy (non-hydrogen) atoms. The van der Waals surface area contributed by atoms with Gasteiger partial charge in [0, 0.05) is 12.0 Å². The molecule has 3 rings (SSSR count). The first-order valence-electron chi connectivity index (χ1n) is 5.98. The van der Waals surface area contributed by atoms with Gasteiger partial charge in [0.15, 0.2) is 0 Å². The molecular weight excluding hydrogens is 243 g/mol. The van der Waals surface area contributed by atoms with Crippen LogP contribution in [0.5, 0.6) is 5.75 Å². The summed E-state index contributed by atoms with van der Waals surface area (Å²) in [5.74, 6) is 0.508. The molecule has 0 spiro atoms. The number of ether oxygens (including phenoxy) is 1. The summed E-state index contributed by atoms with van der Waals surface area (Å²) in [6.07, 6.45) is -3.48. The van der Waals surface area contributed by atoms with Crippen molar-refractivity contribution in [3.05, 3.63) is 29.3 Å². The van der Waals surface area contributed by atoms with Crippen molar-refractivity contribution in [1.82, 2.24) is 5.32 Å². The van der Waals surface area contributed by atoms with Crippen LogP contribution < -0.4 is 10.1 Å². The minimum Gasteiger partial charge on any atom is -0.406 e. The summed E-state index contributed by atoms with van der Waals surface area (Å²) in [5, 5.41) is 3.33.